The number of rotatable bonds is 11. The lowest BCUT2D eigenvalue weighted by atomic mass is 10.2. The monoisotopic (exact) mass is 483 g/mol. The van der Waals surface area contributed by atoms with Crippen LogP contribution in [0.15, 0.2) is 60.3 Å². The van der Waals surface area contributed by atoms with E-state index >= 15 is 0 Å². The summed E-state index contributed by atoms with van der Waals surface area (Å²) in [6.07, 6.45) is 9.39. The highest BCUT2D eigenvalue weighted by atomic mass is 32.1. The number of anilines is 1. The molecular formula is C22H29N9O2S. The molecule has 5 N–H and O–H groups in total. The number of thiazole rings is 1. The van der Waals surface area contributed by atoms with Crippen LogP contribution in [0, 0.1) is 5.41 Å². The molecule has 2 aromatic rings. The Labute approximate surface area is 202 Å². The van der Waals surface area contributed by atoms with E-state index in [1.54, 1.807) is 38.7 Å². The van der Waals surface area contributed by atoms with Crippen LogP contribution in [-0.2, 0) is 9.59 Å². The standard InChI is InChI=1S/C22H29N9O2S/c1-5-20(32)30(4)15(3)21(33)27-11-12-31(24)18(23)13-19(26-6-2)29-22-28-14-17(34-22)16-7-9-25-10-8-16/h5-10,13-15,23H,1,11-12,24H2,2-4H3,(H,27,33)(H,28,29)/b19-13+,23-18?,26-6?/t15-/m0/s1. The molecule has 2 aromatic heterocycles. The van der Waals surface area contributed by atoms with Gasteiger partial charge in [-0.25, -0.2) is 15.8 Å². The van der Waals surface area contributed by atoms with Crippen molar-refractivity contribution in [3.8, 4) is 10.4 Å². The number of hydrazine groups is 1. The Bertz CT molecular complexity index is 1070. The maximum Gasteiger partial charge on any atom is 0.246 e. The van der Waals surface area contributed by atoms with Crippen molar-refractivity contribution in [3.05, 3.63) is 55.3 Å². The quantitative estimate of drug-likeness (QED) is 0.125. The van der Waals surface area contributed by atoms with Crippen molar-refractivity contribution in [1.82, 2.24) is 25.2 Å². The minimum Gasteiger partial charge on any atom is -0.352 e. The summed E-state index contributed by atoms with van der Waals surface area (Å²) in [6.45, 7) is 7.15. The molecule has 12 heteroatoms. The second kappa shape index (κ2) is 13.0. The summed E-state index contributed by atoms with van der Waals surface area (Å²) < 4.78 is 0. The van der Waals surface area contributed by atoms with Crippen LogP contribution in [0.3, 0.4) is 0 Å². The number of amidine groups is 1. The van der Waals surface area contributed by atoms with Crippen LogP contribution < -0.4 is 16.5 Å². The molecule has 2 amide bonds. The van der Waals surface area contributed by atoms with Crippen molar-refractivity contribution in [1.29, 1.82) is 5.41 Å². The molecule has 0 aliphatic carbocycles. The highest BCUT2D eigenvalue weighted by Crippen LogP contribution is 2.29. The van der Waals surface area contributed by atoms with Crippen LogP contribution in [0.2, 0.25) is 0 Å². The van der Waals surface area contributed by atoms with E-state index in [1.807, 2.05) is 12.1 Å². The molecule has 0 saturated carbocycles. The Morgan fingerprint density at radius 3 is 2.74 bits per heavy atom. The first-order valence-corrected chi connectivity index (χ1v) is 11.2. The molecule has 0 fully saturated rings. The highest BCUT2D eigenvalue weighted by molar-refractivity contribution is 7.18. The predicted molar refractivity (Wildman–Crippen MR) is 135 cm³/mol. The average molecular weight is 484 g/mol. The van der Waals surface area contributed by atoms with E-state index in [1.165, 1.54) is 34.4 Å². The van der Waals surface area contributed by atoms with Gasteiger partial charge in [-0.3, -0.25) is 25.0 Å². The number of carbonyl (C=O) groups excluding carboxylic acids is 2. The number of likely N-dealkylation sites (N-methyl/N-ethyl adjacent to an activating group) is 1. The second-order valence-electron chi connectivity index (χ2n) is 7.01. The Balaban J connectivity index is 1.93. The molecule has 0 spiro atoms. The minimum atomic E-state index is -0.666. The van der Waals surface area contributed by atoms with E-state index in [0.29, 0.717) is 11.0 Å². The SMILES string of the molecule is C=CC(=O)N(C)[C@@H](C)C(=O)NCCN(N)C(=N)/C=C(\N=CC)Nc1ncc(-c2ccncc2)s1. The van der Waals surface area contributed by atoms with Gasteiger partial charge in [-0.1, -0.05) is 17.9 Å². The summed E-state index contributed by atoms with van der Waals surface area (Å²) in [7, 11) is 1.52. The van der Waals surface area contributed by atoms with Gasteiger partial charge in [0.1, 0.15) is 17.7 Å². The third-order valence-electron chi connectivity index (χ3n) is 4.69. The van der Waals surface area contributed by atoms with Gasteiger partial charge >= 0.3 is 0 Å². The Morgan fingerprint density at radius 1 is 1.38 bits per heavy atom. The van der Waals surface area contributed by atoms with Gasteiger partial charge in [0.25, 0.3) is 0 Å². The zero-order chi connectivity index (χ0) is 25.1. The van der Waals surface area contributed by atoms with Crippen LogP contribution in [0.5, 0.6) is 0 Å². The van der Waals surface area contributed by atoms with Gasteiger partial charge in [0.15, 0.2) is 5.13 Å². The van der Waals surface area contributed by atoms with Gasteiger partial charge in [-0.15, -0.1) is 0 Å². The number of hydrogen-bond donors (Lipinski definition) is 4. The van der Waals surface area contributed by atoms with Crippen molar-refractivity contribution in [2.75, 3.05) is 25.5 Å². The molecule has 34 heavy (non-hydrogen) atoms. The van der Waals surface area contributed by atoms with Crippen LogP contribution in [0.1, 0.15) is 13.8 Å². The number of aliphatic imine (C=N–C) groups is 1. The summed E-state index contributed by atoms with van der Waals surface area (Å²) >= 11 is 1.44. The fourth-order valence-electron chi connectivity index (χ4n) is 2.63. The fraction of sp³-hybridized carbons (Fsp3) is 0.273. The third kappa shape index (κ3) is 7.60. The van der Waals surface area contributed by atoms with Crippen LogP contribution >= 0.6 is 11.3 Å². The lowest BCUT2D eigenvalue weighted by Crippen LogP contribution is -2.48. The van der Waals surface area contributed by atoms with Crippen LogP contribution in [0.4, 0.5) is 5.13 Å². The van der Waals surface area contributed by atoms with Crippen molar-refractivity contribution >= 4 is 40.3 Å². The van der Waals surface area contributed by atoms with E-state index < -0.39 is 6.04 Å². The largest absolute Gasteiger partial charge is 0.352 e. The molecule has 0 bridgehead atoms. The number of hydrogen-bond acceptors (Lipinski definition) is 9. The maximum atomic E-state index is 12.2. The molecule has 0 radical (unpaired) electrons. The van der Waals surface area contributed by atoms with Crippen molar-refractivity contribution in [2.24, 2.45) is 10.8 Å². The number of carbonyl (C=O) groups is 2. The molecule has 11 nitrogen and oxygen atoms in total. The molecule has 0 saturated heterocycles. The summed E-state index contributed by atoms with van der Waals surface area (Å²) in [6, 6.07) is 3.13. The minimum absolute atomic E-state index is 0.0136. The number of nitrogens with two attached hydrogens (primary N) is 1. The smallest absolute Gasteiger partial charge is 0.246 e. The first-order chi connectivity index (χ1) is 16.3. The molecule has 180 valence electrons. The van der Waals surface area contributed by atoms with E-state index in [2.05, 4.69) is 32.2 Å². The maximum absolute atomic E-state index is 12.2. The number of amides is 2. The molecular weight excluding hydrogens is 454 g/mol. The predicted octanol–water partition coefficient (Wildman–Crippen LogP) is 1.85. The van der Waals surface area contributed by atoms with Crippen molar-refractivity contribution in [3.63, 3.8) is 0 Å². The Hall–Kier alpha value is -3.90. The fourth-order valence-corrected chi connectivity index (χ4v) is 3.46. The van der Waals surface area contributed by atoms with E-state index in [0.717, 1.165) is 16.5 Å². The molecule has 0 aliphatic heterocycles. The molecule has 0 aliphatic rings. The van der Waals surface area contributed by atoms with Crippen molar-refractivity contribution in [2.45, 2.75) is 19.9 Å². The number of nitrogens with one attached hydrogen (secondary N) is 3. The lowest BCUT2D eigenvalue weighted by molar-refractivity contribution is -0.135. The van der Waals surface area contributed by atoms with Gasteiger partial charge in [-0.2, -0.15) is 0 Å². The molecule has 2 heterocycles. The van der Waals surface area contributed by atoms with Crippen molar-refractivity contribution < 1.29 is 9.59 Å². The van der Waals surface area contributed by atoms with Crippen LogP contribution in [0.25, 0.3) is 10.4 Å². The average Bonchev–Trinajstić information content (AvgIpc) is 3.31. The van der Waals surface area contributed by atoms with E-state index in [-0.39, 0.29) is 30.7 Å². The van der Waals surface area contributed by atoms with E-state index in [9.17, 15) is 9.59 Å². The summed E-state index contributed by atoms with van der Waals surface area (Å²) in [5.41, 5.74) is 1.00. The first kappa shape index (κ1) is 26.4. The molecule has 0 unspecified atom stereocenters. The zero-order valence-corrected chi connectivity index (χ0v) is 20.2. The molecule has 2 rings (SSSR count). The van der Waals surface area contributed by atoms with Crippen LogP contribution in [-0.4, -0.2) is 69.9 Å². The molecule has 1 atom stereocenters. The third-order valence-corrected chi connectivity index (χ3v) is 5.65. The van der Waals surface area contributed by atoms with Gasteiger partial charge < -0.3 is 15.5 Å². The van der Waals surface area contributed by atoms with Gasteiger partial charge in [0.2, 0.25) is 11.8 Å². The Kier molecular flexibility index (Phi) is 10.0. The summed E-state index contributed by atoms with van der Waals surface area (Å²) in [5.74, 6) is 5.66. The first-order valence-electron chi connectivity index (χ1n) is 10.4. The number of nitrogens with zero attached hydrogens (tertiary/aromatic N) is 5. The van der Waals surface area contributed by atoms with Gasteiger partial charge in [-0.05, 0) is 37.6 Å². The summed E-state index contributed by atoms with van der Waals surface area (Å²) in [4.78, 5) is 38.7. The topological polar surface area (TPSA) is 153 Å². The highest BCUT2D eigenvalue weighted by Gasteiger charge is 2.20. The zero-order valence-electron chi connectivity index (χ0n) is 19.4. The number of pyridine rings is 1. The van der Waals surface area contributed by atoms with Gasteiger partial charge in [0.05, 0.1) is 11.4 Å². The Morgan fingerprint density at radius 2 is 2.09 bits per heavy atom. The van der Waals surface area contributed by atoms with E-state index in [4.69, 9.17) is 11.3 Å². The second-order valence-corrected chi connectivity index (χ2v) is 8.04. The summed E-state index contributed by atoms with van der Waals surface area (Å²) in [5, 5.41) is 15.8. The number of aromatic nitrogens is 2. The lowest BCUT2D eigenvalue weighted by Gasteiger charge is -2.23. The molecule has 0 aromatic carbocycles. The normalized spacial score (nSPS) is 12.2. The van der Waals surface area contributed by atoms with Gasteiger partial charge in [0, 0.05) is 44.5 Å².